The molecule has 174 valence electrons. The zero-order chi connectivity index (χ0) is 24.8. The molecule has 0 radical (unpaired) electrons. The Morgan fingerprint density at radius 2 is 1.89 bits per heavy atom. The van der Waals surface area contributed by atoms with Crippen LogP contribution in [0, 0.1) is 18.3 Å². The van der Waals surface area contributed by atoms with Crippen molar-refractivity contribution in [3.8, 4) is 28.8 Å². The second kappa shape index (κ2) is 10.7. The lowest BCUT2D eigenvalue weighted by Gasteiger charge is -2.09. The molecule has 1 aromatic heterocycles. The number of hydrogen-bond donors (Lipinski definition) is 1. The Balaban J connectivity index is 1.77. The molecule has 0 unspecified atom stereocenters. The molecule has 3 aromatic carbocycles. The van der Waals surface area contributed by atoms with Crippen LogP contribution in [-0.2, 0) is 4.79 Å². The van der Waals surface area contributed by atoms with Gasteiger partial charge in [-0.05, 0) is 68.0 Å². The van der Waals surface area contributed by atoms with Gasteiger partial charge in [-0.2, -0.15) is 10.4 Å². The monoisotopic (exact) mass is 482 g/mol. The number of nitriles is 1. The third-order valence-electron chi connectivity index (χ3n) is 5.30. The van der Waals surface area contributed by atoms with Gasteiger partial charge in [0, 0.05) is 17.3 Å². The fraction of sp³-hybridized carbons (Fsp3) is 0.107. The summed E-state index contributed by atoms with van der Waals surface area (Å²) in [7, 11) is 0. The van der Waals surface area contributed by atoms with Gasteiger partial charge in [-0.25, -0.2) is 4.68 Å². The average Bonchev–Trinajstić information content (AvgIpc) is 3.29. The predicted molar refractivity (Wildman–Crippen MR) is 139 cm³/mol. The van der Waals surface area contributed by atoms with Gasteiger partial charge in [0.2, 0.25) is 0 Å². The fourth-order valence-corrected chi connectivity index (χ4v) is 3.78. The summed E-state index contributed by atoms with van der Waals surface area (Å²) in [4.78, 5) is 12.9. The van der Waals surface area contributed by atoms with Gasteiger partial charge in [-0.3, -0.25) is 4.79 Å². The summed E-state index contributed by atoms with van der Waals surface area (Å²) >= 11 is 6.16. The Morgan fingerprint density at radius 1 is 1.14 bits per heavy atom. The van der Waals surface area contributed by atoms with E-state index < -0.39 is 5.91 Å². The summed E-state index contributed by atoms with van der Waals surface area (Å²) in [6.45, 7) is 4.48. The van der Waals surface area contributed by atoms with Crippen LogP contribution in [0.1, 0.15) is 18.1 Å². The minimum absolute atomic E-state index is 0.0681. The van der Waals surface area contributed by atoms with Gasteiger partial charge in [0.15, 0.2) is 0 Å². The summed E-state index contributed by atoms with van der Waals surface area (Å²) in [5.74, 6) is 0.245. The van der Waals surface area contributed by atoms with Gasteiger partial charge in [0.1, 0.15) is 23.1 Å². The van der Waals surface area contributed by atoms with Gasteiger partial charge in [0.05, 0.1) is 23.0 Å². The molecule has 0 aliphatic carbocycles. The Bertz CT molecular complexity index is 1440. The molecule has 1 heterocycles. The molecule has 0 atom stereocenters. The maximum Gasteiger partial charge on any atom is 0.266 e. The first-order valence-electron chi connectivity index (χ1n) is 11.1. The van der Waals surface area contributed by atoms with Gasteiger partial charge in [-0.1, -0.05) is 41.9 Å². The van der Waals surface area contributed by atoms with Crippen LogP contribution < -0.4 is 10.1 Å². The highest BCUT2D eigenvalue weighted by Gasteiger charge is 2.17. The van der Waals surface area contributed by atoms with Gasteiger partial charge < -0.3 is 10.1 Å². The molecule has 0 bridgehead atoms. The van der Waals surface area contributed by atoms with Gasteiger partial charge in [-0.15, -0.1) is 0 Å². The molecule has 0 aliphatic rings. The number of carbonyl (C=O) groups excluding carboxylic acids is 1. The highest BCUT2D eigenvalue weighted by atomic mass is 35.5. The number of aryl methyl sites for hydroxylation is 1. The molecule has 4 aromatic rings. The number of benzene rings is 3. The Morgan fingerprint density at radius 3 is 2.57 bits per heavy atom. The standard InChI is InChI=1S/C28H23ClN4O2/c1-3-35-26-14-13-20(15-19(26)2)27-22(18-33(32-27)23-9-5-4-6-10-23)16-21(17-30)28(34)31-25-12-8-7-11-24(25)29/h4-16,18H,3H2,1-2H3,(H,31,34). The summed E-state index contributed by atoms with van der Waals surface area (Å²) in [5, 5.41) is 17.6. The third kappa shape index (κ3) is 5.43. The molecule has 0 fully saturated rings. The van der Waals surface area contributed by atoms with E-state index in [-0.39, 0.29) is 5.57 Å². The van der Waals surface area contributed by atoms with E-state index in [4.69, 9.17) is 21.4 Å². The van der Waals surface area contributed by atoms with E-state index in [1.54, 1.807) is 41.2 Å². The van der Waals surface area contributed by atoms with E-state index in [2.05, 4.69) is 5.32 Å². The lowest BCUT2D eigenvalue weighted by atomic mass is 10.0. The number of nitrogens with zero attached hydrogens (tertiary/aromatic N) is 3. The number of ether oxygens (including phenoxy) is 1. The van der Waals surface area contributed by atoms with Crippen molar-refractivity contribution in [1.29, 1.82) is 5.26 Å². The number of amides is 1. The minimum atomic E-state index is -0.554. The lowest BCUT2D eigenvalue weighted by Crippen LogP contribution is -2.13. The van der Waals surface area contributed by atoms with E-state index in [0.29, 0.717) is 28.6 Å². The molecule has 0 aliphatic heterocycles. The third-order valence-corrected chi connectivity index (χ3v) is 5.63. The first kappa shape index (κ1) is 23.8. The second-order valence-corrected chi connectivity index (χ2v) is 8.14. The Kier molecular flexibility index (Phi) is 7.30. The van der Waals surface area contributed by atoms with E-state index >= 15 is 0 Å². The molecule has 35 heavy (non-hydrogen) atoms. The maximum absolute atomic E-state index is 12.9. The molecule has 0 spiro atoms. The van der Waals surface area contributed by atoms with Crippen LogP contribution in [0.3, 0.4) is 0 Å². The van der Waals surface area contributed by atoms with Crippen molar-refractivity contribution >= 4 is 29.3 Å². The van der Waals surface area contributed by atoms with E-state index in [9.17, 15) is 10.1 Å². The smallest absolute Gasteiger partial charge is 0.266 e. The number of halogens is 1. The first-order valence-corrected chi connectivity index (χ1v) is 11.4. The number of anilines is 1. The topological polar surface area (TPSA) is 79.9 Å². The van der Waals surface area contributed by atoms with Crippen LogP contribution in [0.4, 0.5) is 5.69 Å². The molecule has 6 nitrogen and oxygen atoms in total. The number of carbonyl (C=O) groups is 1. The fourth-order valence-electron chi connectivity index (χ4n) is 3.60. The molecular weight excluding hydrogens is 460 g/mol. The molecule has 4 rings (SSSR count). The number of nitrogens with one attached hydrogen (secondary N) is 1. The van der Waals surface area contributed by atoms with Crippen LogP contribution in [0.15, 0.2) is 84.6 Å². The molecular formula is C28H23ClN4O2. The van der Waals surface area contributed by atoms with Crippen molar-refractivity contribution in [2.45, 2.75) is 13.8 Å². The van der Waals surface area contributed by atoms with Crippen molar-refractivity contribution in [3.05, 3.63) is 101 Å². The highest BCUT2D eigenvalue weighted by Crippen LogP contribution is 2.30. The second-order valence-electron chi connectivity index (χ2n) is 7.73. The molecule has 0 saturated carbocycles. The van der Waals surface area contributed by atoms with Crippen molar-refractivity contribution in [3.63, 3.8) is 0 Å². The van der Waals surface area contributed by atoms with Crippen LogP contribution in [0.2, 0.25) is 5.02 Å². The van der Waals surface area contributed by atoms with Gasteiger partial charge >= 0.3 is 0 Å². The Labute approximate surface area is 209 Å². The summed E-state index contributed by atoms with van der Waals surface area (Å²) in [5.41, 5.74) is 4.29. The lowest BCUT2D eigenvalue weighted by molar-refractivity contribution is -0.112. The van der Waals surface area contributed by atoms with Crippen molar-refractivity contribution in [2.75, 3.05) is 11.9 Å². The van der Waals surface area contributed by atoms with Crippen LogP contribution >= 0.6 is 11.6 Å². The number of aromatic nitrogens is 2. The highest BCUT2D eigenvalue weighted by molar-refractivity contribution is 6.34. The quantitative estimate of drug-likeness (QED) is 0.242. The van der Waals surface area contributed by atoms with Crippen molar-refractivity contribution in [2.24, 2.45) is 0 Å². The molecule has 0 saturated heterocycles. The van der Waals surface area contributed by atoms with Crippen molar-refractivity contribution in [1.82, 2.24) is 9.78 Å². The summed E-state index contributed by atoms with van der Waals surface area (Å²) in [6.07, 6.45) is 3.34. The largest absolute Gasteiger partial charge is 0.494 e. The Hall–Kier alpha value is -4.34. The summed E-state index contributed by atoms with van der Waals surface area (Å²) < 4.78 is 7.40. The zero-order valence-corrected chi connectivity index (χ0v) is 20.1. The molecule has 1 amide bonds. The van der Waals surface area contributed by atoms with E-state index in [1.807, 2.05) is 68.4 Å². The maximum atomic E-state index is 12.9. The predicted octanol–water partition coefficient (Wildman–Crippen LogP) is 6.45. The molecule has 1 N–H and O–H groups in total. The normalized spacial score (nSPS) is 11.1. The van der Waals surface area contributed by atoms with E-state index in [0.717, 1.165) is 22.6 Å². The van der Waals surface area contributed by atoms with E-state index in [1.165, 1.54) is 0 Å². The van der Waals surface area contributed by atoms with Gasteiger partial charge in [0.25, 0.3) is 5.91 Å². The van der Waals surface area contributed by atoms with Crippen LogP contribution in [-0.4, -0.2) is 22.3 Å². The number of hydrogen-bond acceptors (Lipinski definition) is 4. The zero-order valence-electron chi connectivity index (χ0n) is 19.3. The summed E-state index contributed by atoms with van der Waals surface area (Å²) in [6, 6.07) is 24.3. The van der Waals surface area contributed by atoms with Crippen molar-refractivity contribution < 1.29 is 9.53 Å². The van der Waals surface area contributed by atoms with Crippen LogP contribution in [0.25, 0.3) is 23.0 Å². The first-order chi connectivity index (χ1) is 17.0. The number of rotatable bonds is 7. The van der Waals surface area contributed by atoms with Crippen LogP contribution in [0.5, 0.6) is 5.75 Å². The minimum Gasteiger partial charge on any atom is -0.494 e. The average molecular weight is 483 g/mol. The number of para-hydroxylation sites is 2. The SMILES string of the molecule is CCOc1ccc(-c2nn(-c3ccccc3)cc2C=C(C#N)C(=O)Nc2ccccc2Cl)cc1C. The molecule has 7 heteroatoms.